The van der Waals surface area contributed by atoms with Crippen molar-refractivity contribution in [2.24, 2.45) is 11.5 Å². The first-order chi connectivity index (χ1) is 17.7. The van der Waals surface area contributed by atoms with Crippen LogP contribution < -0.4 is 27.4 Å². The van der Waals surface area contributed by atoms with Crippen LogP contribution >= 0.6 is 11.3 Å². The molecule has 2 rings (SSSR count). The van der Waals surface area contributed by atoms with Crippen LogP contribution in [-0.2, 0) is 37.1 Å². The Morgan fingerprint density at radius 2 is 1.82 bits per heavy atom. The Balaban J connectivity index is 2.25. The highest BCUT2D eigenvalue weighted by molar-refractivity contribution is 7.90. The van der Waals surface area contributed by atoms with Gasteiger partial charge in [-0.25, -0.2) is 13.2 Å². The summed E-state index contributed by atoms with van der Waals surface area (Å²) in [5.41, 5.74) is 9.80. The zero-order valence-corrected chi connectivity index (χ0v) is 22.5. The fourth-order valence-corrected chi connectivity index (χ4v) is 4.95. The minimum absolute atomic E-state index is 0.0874. The SMILES string of the molecule is COC(=O)NC(CCS(C)(=O)=O)(Cc1cccc(C(=N)N)c1)C(=O)NCC(=O)NCc1ccc(C(N)=O)s1. The first-order valence-electron chi connectivity index (χ1n) is 11.2. The second-order valence-electron chi connectivity index (χ2n) is 8.46. The molecule has 1 heterocycles. The van der Waals surface area contributed by atoms with Gasteiger partial charge >= 0.3 is 6.09 Å². The Kier molecular flexibility index (Phi) is 10.4. The Labute approximate surface area is 223 Å². The maximum Gasteiger partial charge on any atom is 0.407 e. The molecule has 0 spiro atoms. The van der Waals surface area contributed by atoms with E-state index in [0.717, 1.165) is 24.7 Å². The largest absolute Gasteiger partial charge is 0.453 e. The summed E-state index contributed by atoms with van der Waals surface area (Å²) in [6.45, 7) is -0.395. The predicted octanol–water partition coefficient (Wildman–Crippen LogP) is -0.364. The van der Waals surface area contributed by atoms with E-state index in [9.17, 15) is 27.6 Å². The summed E-state index contributed by atoms with van der Waals surface area (Å²) >= 11 is 1.12. The highest BCUT2D eigenvalue weighted by Crippen LogP contribution is 2.21. The molecular weight excluding hydrogens is 536 g/mol. The summed E-state index contributed by atoms with van der Waals surface area (Å²) in [5, 5.41) is 15.1. The zero-order valence-electron chi connectivity index (χ0n) is 20.8. The van der Waals surface area contributed by atoms with Crippen LogP contribution in [0.1, 0.15) is 32.1 Å². The van der Waals surface area contributed by atoms with Gasteiger partial charge in [0, 0.05) is 23.1 Å². The van der Waals surface area contributed by atoms with Gasteiger partial charge in [0.25, 0.3) is 5.91 Å². The lowest BCUT2D eigenvalue weighted by Crippen LogP contribution is -2.61. The maximum atomic E-state index is 13.4. The number of nitrogen functional groups attached to an aromatic ring is 1. The van der Waals surface area contributed by atoms with Crippen LogP contribution in [0, 0.1) is 5.41 Å². The molecule has 4 amide bonds. The van der Waals surface area contributed by atoms with Crippen molar-refractivity contribution in [2.45, 2.75) is 24.9 Å². The average Bonchev–Trinajstić information content (AvgIpc) is 3.33. The predicted molar refractivity (Wildman–Crippen MR) is 141 cm³/mol. The number of benzene rings is 1. The number of nitrogens with one attached hydrogen (secondary N) is 4. The van der Waals surface area contributed by atoms with Crippen molar-refractivity contribution in [3.05, 3.63) is 57.3 Å². The number of thiophene rings is 1. The quantitative estimate of drug-likeness (QED) is 0.138. The number of rotatable bonds is 13. The molecule has 0 aliphatic rings. The smallest absolute Gasteiger partial charge is 0.407 e. The minimum Gasteiger partial charge on any atom is -0.453 e. The number of alkyl carbamates (subject to hydrolysis) is 1. The molecule has 0 saturated carbocycles. The Bertz CT molecular complexity index is 1330. The Hall–Kier alpha value is -3.98. The third kappa shape index (κ3) is 9.15. The molecule has 0 aliphatic carbocycles. The number of primary amides is 1. The van der Waals surface area contributed by atoms with Crippen molar-refractivity contribution < 1.29 is 32.3 Å². The summed E-state index contributed by atoms with van der Waals surface area (Å²) < 4.78 is 28.6. The number of sulfone groups is 1. The third-order valence-electron chi connectivity index (χ3n) is 5.38. The van der Waals surface area contributed by atoms with Gasteiger partial charge in [-0.3, -0.25) is 19.8 Å². The van der Waals surface area contributed by atoms with Crippen molar-refractivity contribution >= 4 is 50.8 Å². The van der Waals surface area contributed by atoms with Gasteiger partial charge in [0.1, 0.15) is 21.2 Å². The van der Waals surface area contributed by atoms with Crippen LogP contribution in [0.15, 0.2) is 36.4 Å². The number of carbonyl (C=O) groups excluding carboxylic acids is 4. The lowest BCUT2D eigenvalue weighted by molar-refractivity contribution is -0.130. The van der Waals surface area contributed by atoms with Crippen molar-refractivity contribution in [1.29, 1.82) is 5.41 Å². The van der Waals surface area contributed by atoms with Crippen LogP contribution in [0.2, 0.25) is 0 Å². The number of hydrogen-bond donors (Lipinski definition) is 6. The van der Waals surface area contributed by atoms with Crippen LogP contribution in [0.25, 0.3) is 0 Å². The van der Waals surface area contributed by atoms with Crippen LogP contribution in [-0.4, -0.2) is 69.3 Å². The highest BCUT2D eigenvalue weighted by atomic mass is 32.2. The molecule has 1 aromatic heterocycles. The fraction of sp³-hybridized carbons (Fsp3) is 0.348. The molecule has 8 N–H and O–H groups in total. The van der Waals surface area contributed by atoms with E-state index in [-0.39, 0.29) is 25.2 Å². The monoisotopic (exact) mass is 566 g/mol. The summed E-state index contributed by atoms with van der Waals surface area (Å²) in [6, 6.07) is 9.52. The van der Waals surface area contributed by atoms with Gasteiger partial charge in [0.2, 0.25) is 11.8 Å². The molecule has 0 fully saturated rings. The van der Waals surface area contributed by atoms with E-state index in [1.165, 1.54) is 12.1 Å². The Morgan fingerprint density at radius 1 is 1.11 bits per heavy atom. The van der Waals surface area contributed by atoms with Crippen LogP contribution in [0.3, 0.4) is 0 Å². The number of amidine groups is 1. The minimum atomic E-state index is -3.56. The van der Waals surface area contributed by atoms with Gasteiger partial charge in [-0.05, 0) is 30.2 Å². The van der Waals surface area contributed by atoms with Gasteiger partial charge in [-0.15, -0.1) is 11.3 Å². The van der Waals surface area contributed by atoms with Crippen molar-refractivity contribution in [3.63, 3.8) is 0 Å². The fourth-order valence-electron chi connectivity index (χ4n) is 3.43. The number of nitrogens with two attached hydrogens (primary N) is 2. The summed E-state index contributed by atoms with van der Waals surface area (Å²) in [6.07, 6.45) is -0.504. The molecule has 1 atom stereocenters. The van der Waals surface area contributed by atoms with Gasteiger partial charge in [0.05, 0.1) is 30.8 Å². The molecule has 0 saturated heterocycles. The van der Waals surface area contributed by atoms with E-state index in [4.69, 9.17) is 16.9 Å². The van der Waals surface area contributed by atoms with E-state index in [0.29, 0.717) is 20.9 Å². The molecule has 2 aromatic rings. The third-order valence-corrected chi connectivity index (χ3v) is 7.42. The number of hydrogen-bond acceptors (Lipinski definition) is 9. The van der Waals surface area contributed by atoms with Crippen molar-refractivity contribution in [2.75, 3.05) is 25.7 Å². The standard InChI is InChI=1S/C23H30N6O7S2/c1-36-22(33)29-23(8-9-38(2,34)35,11-14-4-3-5-15(10-14)19(24)25)21(32)28-13-18(30)27-12-16-6-7-17(37-16)20(26)31/h3-7,10H,8-9,11-13H2,1-2H3,(H3,24,25)(H2,26,31)(H,27,30)(H,28,32)(H,29,33). The molecule has 15 heteroatoms. The molecule has 206 valence electrons. The van der Waals surface area contributed by atoms with E-state index >= 15 is 0 Å². The molecule has 0 radical (unpaired) electrons. The van der Waals surface area contributed by atoms with Crippen LogP contribution in [0.5, 0.6) is 0 Å². The molecular formula is C23H30N6O7S2. The topological polar surface area (TPSA) is 224 Å². The molecule has 0 aliphatic heterocycles. The highest BCUT2D eigenvalue weighted by Gasteiger charge is 2.41. The molecule has 1 unspecified atom stereocenters. The van der Waals surface area contributed by atoms with Gasteiger partial charge in [0.15, 0.2) is 0 Å². The molecule has 0 bridgehead atoms. The zero-order chi connectivity index (χ0) is 28.5. The van der Waals surface area contributed by atoms with Gasteiger partial charge in [-0.1, -0.05) is 18.2 Å². The number of carbonyl (C=O) groups is 4. The second kappa shape index (κ2) is 13.0. The molecule has 1 aromatic carbocycles. The summed E-state index contributed by atoms with van der Waals surface area (Å²) in [4.78, 5) is 50.3. The van der Waals surface area contributed by atoms with E-state index in [1.807, 2.05) is 0 Å². The number of amides is 4. The van der Waals surface area contributed by atoms with E-state index in [1.54, 1.807) is 24.3 Å². The second-order valence-corrected chi connectivity index (χ2v) is 11.9. The van der Waals surface area contributed by atoms with E-state index < -0.39 is 51.5 Å². The van der Waals surface area contributed by atoms with Crippen LogP contribution in [0.4, 0.5) is 4.79 Å². The lowest BCUT2D eigenvalue weighted by Gasteiger charge is -2.33. The van der Waals surface area contributed by atoms with Crippen molar-refractivity contribution in [1.82, 2.24) is 16.0 Å². The van der Waals surface area contributed by atoms with Gasteiger partial charge < -0.3 is 32.2 Å². The Morgan fingerprint density at radius 3 is 2.39 bits per heavy atom. The molecule has 38 heavy (non-hydrogen) atoms. The van der Waals surface area contributed by atoms with Gasteiger partial charge in [-0.2, -0.15) is 0 Å². The lowest BCUT2D eigenvalue weighted by atomic mass is 9.86. The summed E-state index contributed by atoms with van der Waals surface area (Å²) in [7, 11) is -2.47. The first kappa shape index (κ1) is 30.2. The molecule has 13 nitrogen and oxygen atoms in total. The maximum absolute atomic E-state index is 13.4. The average molecular weight is 567 g/mol. The van der Waals surface area contributed by atoms with Crippen molar-refractivity contribution in [3.8, 4) is 0 Å². The number of methoxy groups -OCH3 is 1. The first-order valence-corrected chi connectivity index (χ1v) is 14.0. The summed E-state index contributed by atoms with van der Waals surface area (Å²) in [5.74, 6) is -2.64. The number of ether oxygens (including phenoxy) is 1. The van der Waals surface area contributed by atoms with E-state index in [2.05, 4.69) is 20.7 Å². The normalized spacial score (nSPS) is 12.6.